The van der Waals surface area contributed by atoms with Crippen LogP contribution >= 0.6 is 0 Å². The van der Waals surface area contributed by atoms with Gasteiger partial charge in [0.1, 0.15) is 0 Å². The van der Waals surface area contributed by atoms with Crippen molar-refractivity contribution in [3.8, 4) is 0 Å². The third-order valence-electron chi connectivity index (χ3n) is 2.76. The summed E-state index contributed by atoms with van der Waals surface area (Å²) in [5, 5.41) is 0. The van der Waals surface area contributed by atoms with E-state index in [4.69, 9.17) is 5.73 Å². The van der Waals surface area contributed by atoms with E-state index >= 15 is 0 Å². The van der Waals surface area contributed by atoms with Gasteiger partial charge in [0.25, 0.3) is 0 Å². The van der Waals surface area contributed by atoms with Crippen molar-refractivity contribution in [2.24, 2.45) is 11.7 Å². The molecular formula is C10H22N2. The molecule has 0 saturated carbocycles. The van der Waals surface area contributed by atoms with Crippen LogP contribution in [0.2, 0.25) is 0 Å². The van der Waals surface area contributed by atoms with Crippen molar-refractivity contribution in [2.45, 2.75) is 39.2 Å². The van der Waals surface area contributed by atoms with E-state index in [-0.39, 0.29) is 0 Å². The van der Waals surface area contributed by atoms with Crippen LogP contribution in [-0.2, 0) is 0 Å². The molecule has 1 rings (SSSR count). The maximum Gasteiger partial charge on any atom is 0.0165 e. The van der Waals surface area contributed by atoms with E-state index in [2.05, 4.69) is 18.7 Å². The number of nitrogens with two attached hydrogens (primary N) is 1. The summed E-state index contributed by atoms with van der Waals surface area (Å²) < 4.78 is 0. The number of piperidine rings is 1. The van der Waals surface area contributed by atoms with Gasteiger partial charge in [-0.15, -0.1) is 0 Å². The van der Waals surface area contributed by atoms with Gasteiger partial charge in [0.15, 0.2) is 0 Å². The minimum Gasteiger partial charge on any atom is -0.327 e. The van der Waals surface area contributed by atoms with E-state index in [0.29, 0.717) is 6.04 Å². The van der Waals surface area contributed by atoms with Gasteiger partial charge in [-0.3, -0.25) is 0 Å². The second kappa shape index (κ2) is 4.83. The van der Waals surface area contributed by atoms with Gasteiger partial charge in [-0.1, -0.05) is 13.8 Å². The van der Waals surface area contributed by atoms with E-state index in [1.165, 1.54) is 25.9 Å². The van der Waals surface area contributed by atoms with E-state index < -0.39 is 0 Å². The standard InChI is InChI=1S/C10H22N2/c1-3-10(11)8-12-6-4-5-9(2)7-12/h9-10H,3-8,11H2,1-2H3. The van der Waals surface area contributed by atoms with Gasteiger partial charge in [-0.2, -0.15) is 0 Å². The summed E-state index contributed by atoms with van der Waals surface area (Å²) in [7, 11) is 0. The normalized spacial score (nSPS) is 28.8. The highest BCUT2D eigenvalue weighted by atomic mass is 15.1. The fourth-order valence-corrected chi connectivity index (χ4v) is 1.91. The number of likely N-dealkylation sites (tertiary alicyclic amines) is 1. The molecule has 0 bridgehead atoms. The van der Waals surface area contributed by atoms with E-state index in [1.807, 2.05) is 0 Å². The zero-order valence-corrected chi connectivity index (χ0v) is 8.42. The molecular weight excluding hydrogens is 148 g/mol. The summed E-state index contributed by atoms with van der Waals surface area (Å²) in [6.07, 6.45) is 3.86. The topological polar surface area (TPSA) is 29.3 Å². The average molecular weight is 170 g/mol. The number of hydrogen-bond donors (Lipinski definition) is 1. The van der Waals surface area contributed by atoms with Crippen molar-refractivity contribution < 1.29 is 0 Å². The Balaban J connectivity index is 2.22. The molecule has 1 aliphatic heterocycles. The van der Waals surface area contributed by atoms with Crippen LogP contribution in [0.1, 0.15) is 33.1 Å². The molecule has 0 aromatic carbocycles. The first-order valence-corrected chi connectivity index (χ1v) is 5.20. The summed E-state index contributed by atoms with van der Waals surface area (Å²) in [4.78, 5) is 2.52. The molecule has 2 unspecified atom stereocenters. The molecule has 2 heteroatoms. The Labute approximate surface area is 76.1 Å². The summed E-state index contributed by atoms with van der Waals surface area (Å²) in [6.45, 7) is 8.12. The molecule has 0 radical (unpaired) electrons. The Morgan fingerprint density at radius 1 is 1.58 bits per heavy atom. The Morgan fingerprint density at radius 3 is 2.92 bits per heavy atom. The highest BCUT2D eigenvalue weighted by Crippen LogP contribution is 2.15. The Morgan fingerprint density at radius 2 is 2.33 bits per heavy atom. The second-order valence-corrected chi connectivity index (χ2v) is 4.18. The van der Waals surface area contributed by atoms with Crippen molar-refractivity contribution in [3.05, 3.63) is 0 Å². The van der Waals surface area contributed by atoms with Gasteiger partial charge in [-0.05, 0) is 31.7 Å². The lowest BCUT2D eigenvalue weighted by Gasteiger charge is -2.32. The van der Waals surface area contributed by atoms with Crippen LogP contribution in [0.25, 0.3) is 0 Å². The first-order chi connectivity index (χ1) is 5.72. The van der Waals surface area contributed by atoms with Crippen molar-refractivity contribution >= 4 is 0 Å². The minimum atomic E-state index is 0.385. The molecule has 1 aliphatic rings. The molecule has 2 N–H and O–H groups in total. The predicted octanol–water partition coefficient (Wildman–Crippen LogP) is 1.46. The highest BCUT2D eigenvalue weighted by Gasteiger charge is 2.17. The monoisotopic (exact) mass is 170 g/mol. The largest absolute Gasteiger partial charge is 0.327 e. The summed E-state index contributed by atoms with van der Waals surface area (Å²) in [6, 6.07) is 0.385. The van der Waals surface area contributed by atoms with Gasteiger partial charge < -0.3 is 10.6 Å². The summed E-state index contributed by atoms with van der Waals surface area (Å²) >= 11 is 0. The van der Waals surface area contributed by atoms with E-state index in [1.54, 1.807) is 0 Å². The molecule has 0 aromatic rings. The van der Waals surface area contributed by atoms with Gasteiger partial charge in [0.05, 0.1) is 0 Å². The first-order valence-electron chi connectivity index (χ1n) is 5.20. The minimum absolute atomic E-state index is 0.385. The summed E-state index contributed by atoms with van der Waals surface area (Å²) in [5.74, 6) is 0.878. The molecule has 1 fully saturated rings. The maximum absolute atomic E-state index is 5.91. The van der Waals surface area contributed by atoms with Crippen LogP contribution in [0.15, 0.2) is 0 Å². The zero-order chi connectivity index (χ0) is 8.97. The quantitative estimate of drug-likeness (QED) is 0.694. The zero-order valence-electron chi connectivity index (χ0n) is 8.42. The third kappa shape index (κ3) is 3.11. The molecule has 72 valence electrons. The van der Waals surface area contributed by atoms with Gasteiger partial charge >= 0.3 is 0 Å². The molecule has 0 aromatic heterocycles. The van der Waals surface area contributed by atoms with Gasteiger partial charge in [0.2, 0.25) is 0 Å². The van der Waals surface area contributed by atoms with Gasteiger partial charge in [0, 0.05) is 19.1 Å². The Hall–Kier alpha value is -0.0800. The van der Waals surface area contributed by atoms with Crippen LogP contribution in [0.3, 0.4) is 0 Å². The van der Waals surface area contributed by atoms with Crippen LogP contribution in [0.4, 0.5) is 0 Å². The smallest absolute Gasteiger partial charge is 0.0165 e. The summed E-state index contributed by atoms with van der Waals surface area (Å²) in [5.41, 5.74) is 5.91. The average Bonchev–Trinajstić information content (AvgIpc) is 2.04. The molecule has 2 nitrogen and oxygen atoms in total. The lowest BCUT2D eigenvalue weighted by molar-refractivity contribution is 0.173. The van der Waals surface area contributed by atoms with Gasteiger partial charge in [-0.25, -0.2) is 0 Å². The molecule has 1 saturated heterocycles. The van der Waals surface area contributed by atoms with Crippen LogP contribution in [-0.4, -0.2) is 30.6 Å². The number of hydrogen-bond acceptors (Lipinski definition) is 2. The fraction of sp³-hybridized carbons (Fsp3) is 1.00. The SMILES string of the molecule is CCC(N)CN1CCCC(C)C1. The molecule has 2 atom stereocenters. The Kier molecular flexibility index (Phi) is 4.02. The lowest BCUT2D eigenvalue weighted by atomic mass is 10.00. The lowest BCUT2D eigenvalue weighted by Crippen LogP contribution is -2.42. The van der Waals surface area contributed by atoms with Crippen molar-refractivity contribution in [3.63, 3.8) is 0 Å². The molecule has 12 heavy (non-hydrogen) atoms. The molecule has 0 aliphatic carbocycles. The first kappa shape index (κ1) is 10.0. The Bertz CT molecular complexity index is 125. The van der Waals surface area contributed by atoms with Crippen LogP contribution in [0, 0.1) is 5.92 Å². The van der Waals surface area contributed by atoms with E-state index in [0.717, 1.165) is 18.9 Å². The fourth-order valence-electron chi connectivity index (χ4n) is 1.91. The molecule has 0 amide bonds. The van der Waals surface area contributed by atoms with E-state index in [9.17, 15) is 0 Å². The van der Waals surface area contributed by atoms with Crippen molar-refractivity contribution in [1.29, 1.82) is 0 Å². The second-order valence-electron chi connectivity index (χ2n) is 4.18. The van der Waals surface area contributed by atoms with Crippen molar-refractivity contribution in [1.82, 2.24) is 4.90 Å². The van der Waals surface area contributed by atoms with Crippen LogP contribution < -0.4 is 5.73 Å². The molecule has 1 heterocycles. The molecule has 0 spiro atoms. The maximum atomic E-state index is 5.91. The van der Waals surface area contributed by atoms with Crippen molar-refractivity contribution in [2.75, 3.05) is 19.6 Å². The highest BCUT2D eigenvalue weighted by molar-refractivity contribution is 4.73. The predicted molar refractivity (Wildman–Crippen MR) is 53.1 cm³/mol. The third-order valence-corrected chi connectivity index (χ3v) is 2.76. The van der Waals surface area contributed by atoms with Crippen LogP contribution in [0.5, 0.6) is 0 Å². The number of nitrogens with zero attached hydrogens (tertiary/aromatic N) is 1. The number of rotatable bonds is 3.